The molecule has 2 aliphatic rings. The Labute approximate surface area is 194 Å². The van der Waals surface area contributed by atoms with Gasteiger partial charge in [0.1, 0.15) is 18.4 Å². The van der Waals surface area contributed by atoms with E-state index in [4.69, 9.17) is 10.2 Å². The van der Waals surface area contributed by atoms with Crippen molar-refractivity contribution in [2.45, 2.75) is 56.8 Å². The molecule has 2 aliphatic heterocycles. The second kappa shape index (κ2) is 10.9. The number of benzene rings is 1. The Balaban J connectivity index is 1.79. The normalized spacial score (nSPS) is 21.2. The number of nitrogens with zero attached hydrogens (tertiary/aromatic N) is 2. The molecule has 34 heavy (non-hydrogen) atoms. The Morgan fingerprint density at radius 2 is 1.85 bits per heavy atom. The highest BCUT2D eigenvalue weighted by atomic mass is 16.4. The van der Waals surface area contributed by atoms with Crippen molar-refractivity contribution in [1.82, 2.24) is 20.7 Å². The first kappa shape index (κ1) is 24.8. The van der Waals surface area contributed by atoms with Crippen LogP contribution in [0, 0.1) is 0 Å². The number of aliphatic hydroxyl groups is 1. The molecule has 1 aromatic rings. The molecule has 0 spiro atoms. The minimum absolute atomic E-state index is 0.0268. The van der Waals surface area contributed by atoms with Crippen LogP contribution in [0.25, 0.3) is 0 Å². The van der Waals surface area contributed by atoms with Crippen molar-refractivity contribution in [3.05, 3.63) is 35.4 Å². The van der Waals surface area contributed by atoms with Crippen LogP contribution in [0.3, 0.4) is 0 Å². The van der Waals surface area contributed by atoms with Gasteiger partial charge in [0.05, 0.1) is 19.1 Å². The Morgan fingerprint density at radius 3 is 2.47 bits per heavy atom. The van der Waals surface area contributed by atoms with Gasteiger partial charge in [-0.3, -0.25) is 29.0 Å². The fourth-order valence-electron chi connectivity index (χ4n) is 4.01. The zero-order valence-corrected chi connectivity index (χ0v) is 18.3. The molecule has 2 saturated heterocycles. The molecule has 1 aromatic carbocycles. The fraction of sp³-hybridized carbons (Fsp3) is 0.455. The van der Waals surface area contributed by atoms with Crippen LogP contribution in [-0.2, 0) is 30.6 Å². The van der Waals surface area contributed by atoms with Gasteiger partial charge >= 0.3 is 5.97 Å². The summed E-state index contributed by atoms with van der Waals surface area (Å²) in [5.41, 5.74) is 0.870. The van der Waals surface area contributed by atoms with Gasteiger partial charge in [-0.25, -0.2) is 5.01 Å². The van der Waals surface area contributed by atoms with Gasteiger partial charge < -0.3 is 25.6 Å². The molecule has 0 saturated carbocycles. The summed E-state index contributed by atoms with van der Waals surface area (Å²) < 4.78 is 0. The molecular weight excluding hydrogens is 448 g/mol. The molecular formula is C22H26N4O8. The first-order chi connectivity index (χ1) is 16.2. The zero-order valence-electron chi connectivity index (χ0n) is 18.3. The van der Waals surface area contributed by atoms with Gasteiger partial charge in [-0.1, -0.05) is 12.1 Å². The van der Waals surface area contributed by atoms with Crippen LogP contribution in [-0.4, -0.2) is 80.8 Å². The summed E-state index contributed by atoms with van der Waals surface area (Å²) in [5, 5.41) is 25.2. The van der Waals surface area contributed by atoms with E-state index in [2.05, 4.69) is 10.6 Å². The van der Waals surface area contributed by atoms with Crippen molar-refractivity contribution in [2.75, 3.05) is 6.54 Å². The summed E-state index contributed by atoms with van der Waals surface area (Å²) in [7, 11) is 0. The number of hydrogen-bond acceptors (Lipinski definition) is 7. The highest BCUT2D eigenvalue weighted by molar-refractivity contribution is 6.00. The highest BCUT2D eigenvalue weighted by Gasteiger charge is 2.44. The van der Waals surface area contributed by atoms with E-state index in [0.29, 0.717) is 18.3 Å². The maximum Gasteiger partial charge on any atom is 0.305 e. The summed E-state index contributed by atoms with van der Waals surface area (Å²) in [4.78, 5) is 73.7. The molecule has 0 unspecified atom stereocenters. The number of aliphatic carboxylic acids is 1. The first-order valence-electron chi connectivity index (χ1n) is 10.9. The quantitative estimate of drug-likeness (QED) is 0.346. The van der Waals surface area contributed by atoms with Crippen molar-refractivity contribution in [3.8, 4) is 0 Å². The molecule has 0 aromatic heterocycles. The third-order valence-corrected chi connectivity index (χ3v) is 5.75. The lowest BCUT2D eigenvalue weighted by atomic mass is 10.0. The molecule has 12 nitrogen and oxygen atoms in total. The van der Waals surface area contributed by atoms with E-state index in [1.54, 1.807) is 12.1 Å². The standard InChI is InChI=1S/C22H26N4O8/c27-11-13-3-5-14(6-4-13)20(32)24-16-7-8-18(29)25-9-1-2-17(26(25)22(16)34)21(33)23-15(12-28)10-19(30)31/h3-6,12,15-17,27H,1-2,7-11H2,(H,23,33)(H,24,32)(H,30,31)/t15-,16-,17-/m0/s1. The molecule has 2 fully saturated rings. The molecule has 4 N–H and O–H groups in total. The van der Waals surface area contributed by atoms with Gasteiger partial charge in [0.15, 0.2) is 0 Å². The largest absolute Gasteiger partial charge is 0.481 e. The summed E-state index contributed by atoms with van der Waals surface area (Å²) in [6, 6.07) is 2.64. The van der Waals surface area contributed by atoms with E-state index in [0.717, 1.165) is 5.01 Å². The summed E-state index contributed by atoms with van der Waals surface area (Å²) in [6.45, 7) is 0.0284. The fourth-order valence-corrected chi connectivity index (χ4v) is 4.01. The number of hydrazine groups is 1. The molecule has 182 valence electrons. The van der Waals surface area contributed by atoms with Crippen LogP contribution >= 0.6 is 0 Å². The van der Waals surface area contributed by atoms with Gasteiger partial charge in [0.25, 0.3) is 11.8 Å². The average Bonchev–Trinajstić information content (AvgIpc) is 2.95. The predicted octanol–water partition coefficient (Wildman–Crippen LogP) is -1.04. The molecule has 0 radical (unpaired) electrons. The van der Waals surface area contributed by atoms with E-state index in [-0.39, 0.29) is 43.9 Å². The zero-order chi connectivity index (χ0) is 24.8. The maximum atomic E-state index is 13.4. The van der Waals surface area contributed by atoms with E-state index in [1.807, 2.05) is 0 Å². The molecule has 0 aliphatic carbocycles. The molecule has 4 amide bonds. The van der Waals surface area contributed by atoms with Gasteiger partial charge in [-0.2, -0.15) is 0 Å². The summed E-state index contributed by atoms with van der Waals surface area (Å²) in [6.07, 6.45) is 0.311. The predicted molar refractivity (Wildman–Crippen MR) is 115 cm³/mol. The lowest BCUT2D eigenvalue weighted by Crippen LogP contribution is -2.64. The number of amides is 4. The number of aldehydes is 1. The number of fused-ring (bicyclic) bond motifs is 1. The number of carbonyl (C=O) groups excluding carboxylic acids is 5. The monoisotopic (exact) mass is 474 g/mol. The Morgan fingerprint density at radius 1 is 1.15 bits per heavy atom. The van der Waals surface area contributed by atoms with Crippen molar-refractivity contribution in [2.24, 2.45) is 0 Å². The summed E-state index contributed by atoms with van der Waals surface area (Å²) >= 11 is 0. The number of nitrogens with one attached hydrogen (secondary N) is 2. The third-order valence-electron chi connectivity index (χ3n) is 5.75. The van der Waals surface area contributed by atoms with Crippen LogP contribution < -0.4 is 10.6 Å². The minimum Gasteiger partial charge on any atom is -0.481 e. The number of carboxylic acids is 1. The molecule has 0 bridgehead atoms. The van der Waals surface area contributed by atoms with Crippen LogP contribution in [0.15, 0.2) is 24.3 Å². The number of carboxylic acid groups (broad SMARTS) is 1. The van der Waals surface area contributed by atoms with Crippen molar-refractivity contribution >= 4 is 35.9 Å². The average molecular weight is 474 g/mol. The third kappa shape index (κ3) is 5.57. The Kier molecular flexibility index (Phi) is 7.95. The van der Waals surface area contributed by atoms with Crippen molar-refractivity contribution < 1.29 is 39.0 Å². The number of hydrogen-bond donors (Lipinski definition) is 4. The van der Waals surface area contributed by atoms with Gasteiger partial charge in [-0.05, 0) is 37.0 Å². The van der Waals surface area contributed by atoms with E-state index >= 15 is 0 Å². The number of rotatable bonds is 8. The first-order valence-corrected chi connectivity index (χ1v) is 10.9. The molecule has 3 rings (SSSR count). The number of aliphatic hydroxyl groups excluding tert-OH is 1. The van der Waals surface area contributed by atoms with Gasteiger partial charge in [-0.15, -0.1) is 0 Å². The summed E-state index contributed by atoms with van der Waals surface area (Å²) in [5.74, 6) is -3.61. The SMILES string of the molecule is O=C[C@H](CC(=O)O)NC(=O)[C@@H]1CCCN2C(=O)CC[C@H](NC(=O)c3ccc(CO)cc3)C(=O)N12. The van der Waals surface area contributed by atoms with Gasteiger partial charge in [0, 0.05) is 18.5 Å². The van der Waals surface area contributed by atoms with E-state index < -0.39 is 48.2 Å². The number of carbonyl (C=O) groups is 6. The Hall–Kier alpha value is -3.80. The maximum absolute atomic E-state index is 13.4. The molecule has 12 heteroatoms. The van der Waals surface area contributed by atoms with Crippen molar-refractivity contribution in [1.29, 1.82) is 0 Å². The molecule has 2 heterocycles. The van der Waals surface area contributed by atoms with E-state index in [1.165, 1.54) is 17.1 Å². The smallest absolute Gasteiger partial charge is 0.305 e. The van der Waals surface area contributed by atoms with Crippen LogP contribution in [0.2, 0.25) is 0 Å². The lowest BCUT2D eigenvalue weighted by Gasteiger charge is -2.43. The van der Waals surface area contributed by atoms with Crippen molar-refractivity contribution in [3.63, 3.8) is 0 Å². The van der Waals surface area contributed by atoms with Crippen LogP contribution in [0.5, 0.6) is 0 Å². The topological polar surface area (TPSA) is 173 Å². The van der Waals surface area contributed by atoms with E-state index in [9.17, 15) is 28.8 Å². The Bertz CT molecular complexity index is 980. The second-order valence-electron chi connectivity index (χ2n) is 8.13. The molecule has 3 atom stereocenters. The second-order valence-corrected chi connectivity index (χ2v) is 8.13. The minimum atomic E-state index is -1.28. The lowest BCUT2D eigenvalue weighted by molar-refractivity contribution is -0.176. The van der Waals surface area contributed by atoms with Crippen LogP contribution in [0.1, 0.15) is 48.0 Å². The highest BCUT2D eigenvalue weighted by Crippen LogP contribution is 2.25. The van der Waals surface area contributed by atoms with Gasteiger partial charge in [0.2, 0.25) is 11.8 Å². The van der Waals surface area contributed by atoms with Crippen LogP contribution in [0.4, 0.5) is 0 Å².